The molecule has 1 aromatic heterocycles. The number of para-hydroxylation sites is 1. The topological polar surface area (TPSA) is 45.5 Å². The molecule has 5 nitrogen and oxygen atoms in total. The smallest absolute Gasteiger partial charge is 0.187 e. The second-order valence-corrected chi connectivity index (χ2v) is 7.91. The van der Waals surface area contributed by atoms with E-state index in [4.69, 9.17) is 37.4 Å². The fraction of sp³-hybridized carbons (Fsp3) is 0.318. The molecule has 0 N–H and O–H groups in total. The average molecular weight is 433 g/mol. The molecule has 1 aliphatic heterocycles. The molecular weight excluding hydrogens is 411 g/mol. The van der Waals surface area contributed by atoms with E-state index in [0.29, 0.717) is 37.0 Å². The predicted molar refractivity (Wildman–Crippen MR) is 113 cm³/mol. The van der Waals surface area contributed by atoms with Crippen LogP contribution in [0.15, 0.2) is 67.3 Å². The number of halogens is 2. The Balaban J connectivity index is 1.41. The van der Waals surface area contributed by atoms with Crippen LogP contribution in [-0.4, -0.2) is 34.7 Å². The van der Waals surface area contributed by atoms with Crippen molar-refractivity contribution in [2.75, 3.05) is 13.2 Å². The van der Waals surface area contributed by atoms with E-state index in [1.807, 2.05) is 53.2 Å². The zero-order chi connectivity index (χ0) is 20.1. The molecule has 2 heterocycles. The maximum atomic E-state index is 6.36. The van der Waals surface area contributed by atoms with Crippen molar-refractivity contribution in [2.45, 2.75) is 31.3 Å². The molecule has 7 heteroatoms. The van der Waals surface area contributed by atoms with Gasteiger partial charge in [0.2, 0.25) is 0 Å². The summed E-state index contributed by atoms with van der Waals surface area (Å²) < 4.78 is 20.4. The molecule has 4 rings (SSSR count). The van der Waals surface area contributed by atoms with Crippen molar-refractivity contribution in [1.29, 1.82) is 0 Å². The van der Waals surface area contributed by atoms with Crippen LogP contribution >= 0.6 is 23.2 Å². The first-order valence-corrected chi connectivity index (χ1v) is 10.3. The zero-order valence-corrected chi connectivity index (χ0v) is 17.4. The molecule has 152 valence electrons. The van der Waals surface area contributed by atoms with Gasteiger partial charge in [-0.1, -0.05) is 47.5 Å². The largest absolute Gasteiger partial charge is 0.489 e. The van der Waals surface area contributed by atoms with Gasteiger partial charge in [-0.25, -0.2) is 4.98 Å². The monoisotopic (exact) mass is 432 g/mol. The normalized spacial score (nSPS) is 21.4. The first-order chi connectivity index (χ1) is 14.1. The average Bonchev–Trinajstić information content (AvgIpc) is 3.38. The van der Waals surface area contributed by atoms with Gasteiger partial charge >= 0.3 is 0 Å². The number of hydrogen-bond donors (Lipinski definition) is 0. The lowest BCUT2D eigenvalue weighted by Crippen LogP contribution is -2.37. The SMILES string of the molecule is Clc1ccc(CC[C@]2(Cn3ccnc3)OC[C@@H](COc3ccccc3Cl)O2)cc1. The van der Waals surface area contributed by atoms with Gasteiger partial charge < -0.3 is 18.8 Å². The van der Waals surface area contributed by atoms with Crippen LogP contribution in [0.1, 0.15) is 12.0 Å². The first kappa shape index (κ1) is 20.2. The first-order valence-electron chi connectivity index (χ1n) is 9.51. The highest BCUT2D eigenvalue weighted by atomic mass is 35.5. The Bertz CT molecular complexity index is 918. The molecule has 1 aliphatic rings. The van der Waals surface area contributed by atoms with Crippen LogP contribution in [0.3, 0.4) is 0 Å². The second-order valence-electron chi connectivity index (χ2n) is 7.06. The van der Waals surface area contributed by atoms with Crippen LogP contribution in [0, 0.1) is 0 Å². The summed E-state index contributed by atoms with van der Waals surface area (Å²) in [5.41, 5.74) is 1.18. The quantitative estimate of drug-likeness (QED) is 0.501. The maximum Gasteiger partial charge on any atom is 0.187 e. The Morgan fingerprint density at radius 1 is 1.14 bits per heavy atom. The van der Waals surface area contributed by atoms with Crippen molar-refractivity contribution in [3.8, 4) is 5.75 Å². The second kappa shape index (κ2) is 9.18. The molecule has 0 unspecified atom stereocenters. The third-order valence-electron chi connectivity index (χ3n) is 4.87. The molecular formula is C22H22Cl2N2O3. The lowest BCUT2D eigenvalue weighted by atomic mass is 10.0. The van der Waals surface area contributed by atoms with E-state index in [-0.39, 0.29) is 6.10 Å². The van der Waals surface area contributed by atoms with Crippen LogP contribution < -0.4 is 4.74 Å². The lowest BCUT2D eigenvalue weighted by molar-refractivity contribution is -0.184. The summed E-state index contributed by atoms with van der Waals surface area (Å²) in [5.74, 6) is -0.0967. The van der Waals surface area contributed by atoms with E-state index in [1.54, 1.807) is 18.6 Å². The summed E-state index contributed by atoms with van der Waals surface area (Å²) in [4.78, 5) is 4.13. The number of imidazole rings is 1. The van der Waals surface area contributed by atoms with Crippen molar-refractivity contribution in [1.82, 2.24) is 9.55 Å². The highest BCUT2D eigenvalue weighted by Crippen LogP contribution is 2.32. The Kier molecular flexibility index (Phi) is 6.40. The number of aryl methyl sites for hydroxylation is 1. The minimum atomic E-state index is -0.741. The number of ether oxygens (including phenoxy) is 3. The molecule has 0 aliphatic carbocycles. The fourth-order valence-electron chi connectivity index (χ4n) is 3.38. The standard InChI is InChI=1S/C22H22Cl2N2O3/c23-18-7-5-17(6-8-18)9-10-22(15-26-12-11-25-16-26)28-14-19(29-22)13-27-21-4-2-1-3-20(21)24/h1-8,11-12,16,19H,9-10,13-15H2/t19-,22+/m1/s1. The fourth-order valence-corrected chi connectivity index (χ4v) is 3.70. The van der Waals surface area contributed by atoms with E-state index < -0.39 is 5.79 Å². The van der Waals surface area contributed by atoms with Gasteiger partial charge in [-0.15, -0.1) is 0 Å². The summed E-state index contributed by atoms with van der Waals surface area (Å²) in [6.45, 7) is 1.39. The number of rotatable bonds is 8. The predicted octanol–water partition coefficient (Wildman–Crippen LogP) is 5.01. The molecule has 0 spiro atoms. The van der Waals surface area contributed by atoms with Crippen LogP contribution in [0.25, 0.3) is 0 Å². The van der Waals surface area contributed by atoms with Crippen LogP contribution in [0.4, 0.5) is 0 Å². The molecule has 1 fully saturated rings. The van der Waals surface area contributed by atoms with Crippen LogP contribution in [-0.2, 0) is 22.4 Å². The Labute approximate surface area is 180 Å². The minimum Gasteiger partial charge on any atom is -0.489 e. The van der Waals surface area contributed by atoms with Gasteiger partial charge in [0.15, 0.2) is 5.79 Å². The Morgan fingerprint density at radius 2 is 1.97 bits per heavy atom. The van der Waals surface area contributed by atoms with E-state index >= 15 is 0 Å². The van der Waals surface area contributed by atoms with Gasteiger partial charge in [-0.3, -0.25) is 0 Å². The van der Waals surface area contributed by atoms with Crippen molar-refractivity contribution < 1.29 is 14.2 Å². The van der Waals surface area contributed by atoms with E-state index in [1.165, 1.54) is 5.56 Å². The van der Waals surface area contributed by atoms with Gasteiger partial charge in [0.05, 0.1) is 24.5 Å². The highest BCUT2D eigenvalue weighted by Gasteiger charge is 2.42. The maximum absolute atomic E-state index is 6.36. The lowest BCUT2D eigenvalue weighted by Gasteiger charge is -2.28. The number of benzene rings is 2. The number of hydrogen-bond acceptors (Lipinski definition) is 4. The molecule has 29 heavy (non-hydrogen) atoms. The van der Waals surface area contributed by atoms with E-state index in [0.717, 1.165) is 11.4 Å². The molecule has 1 saturated heterocycles. The van der Waals surface area contributed by atoms with Gasteiger partial charge in [-0.05, 0) is 36.2 Å². The summed E-state index contributed by atoms with van der Waals surface area (Å²) in [6.07, 6.45) is 6.76. The summed E-state index contributed by atoms with van der Waals surface area (Å²) in [7, 11) is 0. The van der Waals surface area contributed by atoms with Crippen molar-refractivity contribution in [2.24, 2.45) is 0 Å². The van der Waals surface area contributed by atoms with E-state index in [9.17, 15) is 0 Å². The Hall–Kier alpha value is -2.05. The highest BCUT2D eigenvalue weighted by molar-refractivity contribution is 6.32. The minimum absolute atomic E-state index is 0.181. The molecule has 2 atom stereocenters. The summed E-state index contributed by atoms with van der Waals surface area (Å²) in [5, 5.41) is 1.31. The summed E-state index contributed by atoms with van der Waals surface area (Å²) in [6, 6.07) is 15.3. The van der Waals surface area contributed by atoms with Gasteiger partial charge in [0.1, 0.15) is 18.5 Å². The molecule has 0 saturated carbocycles. The molecule has 0 amide bonds. The van der Waals surface area contributed by atoms with Gasteiger partial charge in [0, 0.05) is 23.8 Å². The third-order valence-corrected chi connectivity index (χ3v) is 5.43. The van der Waals surface area contributed by atoms with Crippen LogP contribution in [0.2, 0.25) is 10.0 Å². The molecule has 2 aromatic carbocycles. The molecule has 0 radical (unpaired) electrons. The van der Waals surface area contributed by atoms with E-state index in [2.05, 4.69) is 4.98 Å². The number of nitrogens with zero attached hydrogens (tertiary/aromatic N) is 2. The molecule has 0 bridgehead atoms. The van der Waals surface area contributed by atoms with Crippen molar-refractivity contribution >= 4 is 23.2 Å². The molecule has 3 aromatic rings. The van der Waals surface area contributed by atoms with Crippen LogP contribution in [0.5, 0.6) is 5.75 Å². The zero-order valence-electron chi connectivity index (χ0n) is 15.8. The Morgan fingerprint density at radius 3 is 2.72 bits per heavy atom. The summed E-state index contributed by atoms with van der Waals surface area (Å²) >= 11 is 12.2. The van der Waals surface area contributed by atoms with Crippen molar-refractivity contribution in [3.63, 3.8) is 0 Å². The number of aromatic nitrogens is 2. The van der Waals surface area contributed by atoms with Gasteiger partial charge in [-0.2, -0.15) is 0 Å². The van der Waals surface area contributed by atoms with Gasteiger partial charge in [0.25, 0.3) is 0 Å². The van der Waals surface area contributed by atoms with Crippen molar-refractivity contribution in [3.05, 3.63) is 82.9 Å². The third kappa shape index (κ3) is 5.31.